The lowest BCUT2D eigenvalue weighted by Gasteiger charge is -2.05. The third kappa shape index (κ3) is 2.84. The van der Waals surface area contributed by atoms with Gasteiger partial charge in [0.05, 0.1) is 0 Å². The number of aromatic nitrogens is 2. The fourth-order valence-corrected chi connectivity index (χ4v) is 1.44. The van der Waals surface area contributed by atoms with Crippen molar-refractivity contribution in [3.8, 4) is 5.88 Å². The van der Waals surface area contributed by atoms with Gasteiger partial charge in [0.2, 0.25) is 5.88 Å². The van der Waals surface area contributed by atoms with Gasteiger partial charge < -0.3 is 4.74 Å². The molecule has 0 bridgehead atoms. The van der Waals surface area contributed by atoms with E-state index < -0.39 is 0 Å². The monoisotopic (exact) mass is 254 g/mol. The van der Waals surface area contributed by atoms with Crippen LogP contribution >= 0.6 is 23.2 Å². The Morgan fingerprint density at radius 3 is 2.50 bits per heavy atom. The minimum atomic E-state index is 0.338. The topological polar surface area (TPSA) is 35.0 Å². The summed E-state index contributed by atoms with van der Waals surface area (Å²) in [5.74, 6) is 0.421. The molecule has 0 unspecified atom stereocenters. The maximum Gasteiger partial charge on any atom is 0.233 e. The van der Waals surface area contributed by atoms with Crippen LogP contribution in [0.1, 0.15) is 5.56 Å². The molecule has 1 aromatic carbocycles. The van der Waals surface area contributed by atoms with Gasteiger partial charge in [-0.3, -0.25) is 0 Å². The maximum absolute atomic E-state index is 5.98. The van der Waals surface area contributed by atoms with Gasteiger partial charge in [-0.25, -0.2) is 0 Å². The highest BCUT2D eigenvalue weighted by Crippen LogP contribution is 2.17. The number of ether oxygens (including phenoxy) is 1. The van der Waals surface area contributed by atoms with E-state index in [1.165, 1.54) is 0 Å². The van der Waals surface area contributed by atoms with Crippen molar-refractivity contribution in [2.45, 2.75) is 6.61 Å². The first-order chi connectivity index (χ1) is 7.75. The summed E-state index contributed by atoms with van der Waals surface area (Å²) in [4.78, 5) is 0. The fourth-order valence-electron chi connectivity index (χ4n) is 1.15. The molecule has 0 aliphatic carbocycles. The number of hydrogen-bond donors (Lipinski definition) is 0. The van der Waals surface area contributed by atoms with E-state index >= 15 is 0 Å². The van der Waals surface area contributed by atoms with E-state index in [0.29, 0.717) is 22.7 Å². The summed E-state index contributed by atoms with van der Waals surface area (Å²) in [5, 5.41) is 8.46. The zero-order valence-corrected chi connectivity index (χ0v) is 9.74. The Morgan fingerprint density at radius 2 is 1.81 bits per heavy atom. The first-order valence-corrected chi connectivity index (χ1v) is 5.37. The minimum absolute atomic E-state index is 0.338. The van der Waals surface area contributed by atoms with Gasteiger partial charge in [-0.15, -0.1) is 10.2 Å². The summed E-state index contributed by atoms with van der Waals surface area (Å²) < 4.78 is 5.41. The number of rotatable bonds is 3. The summed E-state index contributed by atoms with van der Waals surface area (Å²) in [5.41, 5.74) is 0.904. The SMILES string of the molecule is Clc1ccc(OCc2ccccc2Cl)nn1. The molecule has 1 aromatic heterocycles. The Bertz CT molecular complexity index is 474. The second-order valence-corrected chi connectivity index (χ2v) is 3.87. The van der Waals surface area contributed by atoms with Crippen LogP contribution in [-0.4, -0.2) is 10.2 Å². The summed E-state index contributed by atoms with van der Waals surface area (Å²) >= 11 is 11.6. The molecule has 0 saturated carbocycles. The van der Waals surface area contributed by atoms with E-state index in [2.05, 4.69) is 10.2 Å². The number of benzene rings is 1. The van der Waals surface area contributed by atoms with E-state index in [0.717, 1.165) is 5.56 Å². The Morgan fingerprint density at radius 1 is 1.00 bits per heavy atom. The van der Waals surface area contributed by atoms with Crippen LogP contribution in [0.15, 0.2) is 36.4 Å². The van der Waals surface area contributed by atoms with Crippen molar-refractivity contribution < 1.29 is 4.74 Å². The number of hydrogen-bond acceptors (Lipinski definition) is 3. The highest BCUT2D eigenvalue weighted by atomic mass is 35.5. The van der Waals surface area contributed by atoms with Crippen LogP contribution in [0, 0.1) is 0 Å². The molecule has 82 valence electrons. The first-order valence-electron chi connectivity index (χ1n) is 4.61. The average molecular weight is 255 g/mol. The highest BCUT2D eigenvalue weighted by Gasteiger charge is 2.01. The van der Waals surface area contributed by atoms with E-state index in [1.807, 2.05) is 24.3 Å². The van der Waals surface area contributed by atoms with Crippen molar-refractivity contribution in [2.75, 3.05) is 0 Å². The van der Waals surface area contributed by atoms with Crippen molar-refractivity contribution >= 4 is 23.2 Å². The average Bonchev–Trinajstić information content (AvgIpc) is 2.30. The molecular weight excluding hydrogens is 247 g/mol. The lowest BCUT2D eigenvalue weighted by atomic mass is 10.2. The van der Waals surface area contributed by atoms with Gasteiger partial charge in [-0.05, 0) is 12.1 Å². The summed E-state index contributed by atoms with van der Waals surface area (Å²) in [6.45, 7) is 0.357. The number of halogens is 2. The standard InChI is InChI=1S/C11H8Cl2N2O/c12-9-4-2-1-3-8(9)7-16-11-6-5-10(13)14-15-11/h1-6H,7H2. The van der Waals surface area contributed by atoms with Crippen LogP contribution in [0.25, 0.3) is 0 Å². The molecule has 0 spiro atoms. The van der Waals surface area contributed by atoms with Crippen LogP contribution < -0.4 is 4.74 Å². The van der Waals surface area contributed by atoms with Gasteiger partial charge in [0, 0.05) is 16.7 Å². The summed E-state index contributed by atoms with van der Waals surface area (Å²) in [6.07, 6.45) is 0. The van der Waals surface area contributed by atoms with E-state index in [-0.39, 0.29) is 0 Å². The van der Waals surface area contributed by atoms with Gasteiger partial charge >= 0.3 is 0 Å². The second kappa shape index (κ2) is 5.14. The third-order valence-electron chi connectivity index (χ3n) is 1.94. The molecule has 0 atom stereocenters. The van der Waals surface area contributed by atoms with Gasteiger partial charge in [0.25, 0.3) is 0 Å². The molecule has 0 amide bonds. The van der Waals surface area contributed by atoms with Crippen molar-refractivity contribution in [3.63, 3.8) is 0 Å². The summed E-state index contributed by atoms with van der Waals surface area (Å²) in [6, 6.07) is 10.8. The third-order valence-corrected chi connectivity index (χ3v) is 2.51. The van der Waals surface area contributed by atoms with Crippen molar-refractivity contribution in [2.24, 2.45) is 0 Å². The largest absolute Gasteiger partial charge is 0.472 e. The van der Waals surface area contributed by atoms with Crippen molar-refractivity contribution in [1.82, 2.24) is 10.2 Å². The smallest absolute Gasteiger partial charge is 0.233 e. The minimum Gasteiger partial charge on any atom is -0.472 e. The Hall–Kier alpha value is -1.32. The maximum atomic E-state index is 5.98. The molecule has 0 aliphatic heterocycles. The van der Waals surface area contributed by atoms with Gasteiger partial charge in [0.15, 0.2) is 5.15 Å². The van der Waals surface area contributed by atoms with E-state index in [9.17, 15) is 0 Å². The predicted molar refractivity (Wildman–Crippen MR) is 62.8 cm³/mol. The van der Waals surface area contributed by atoms with E-state index in [4.69, 9.17) is 27.9 Å². The number of nitrogens with zero attached hydrogens (tertiary/aromatic N) is 2. The molecular formula is C11H8Cl2N2O. The zero-order valence-electron chi connectivity index (χ0n) is 8.23. The van der Waals surface area contributed by atoms with Crippen LogP contribution in [0.2, 0.25) is 10.2 Å². The fraction of sp³-hybridized carbons (Fsp3) is 0.0909. The first kappa shape index (κ1) is 11.2. The van der Waals surface area contributed by atoms with Crippen LogP contribution in [0.4, 0.5) is 0 Å². The molecule has 0 fully saturated rings. The van der Waals surface area contributed by atoms with Gasteiger partial charge in [-0.2, -0.15) is 0 Å². The Labute approximate surface area is 103 Å². The van der Waals surface area contributed by atoms with Crippen LogP contribution in [0.5, 0.6) is 5.88 Å². The molecule has 2 rings (SSSR count). The molecule has 0 radical (unpaired) electrons. The molecule has 0 N–H and O–H groups in total. The Kier molecular flexibility index (Phi) is 3.59. The molecule has 0 saturated heterocycles. The van der Waals surface area contributed by atoms with Crippen LogP contribution in [0.3, 0.4) is 0 Å². The van der Waals surface area contributed by atoms with Gasteiger partial charge in [-0.1, -0.05) is 41.4 Å². The quantitative estimate of drug-likeness (QED) is 0.843. The lowest BCUT2D eigenvalue weighted by Crippen LogP contribution is -1.98. The van der Waals surface area contributed by atoms with Gasteiger partial charge in [0.1, 0.15) is 6.61 Å². The van der Waals surface area contributed by atoms with Crippen LogP contribution in [-0.2, 0) is 6.61 Å². The van der Waals surface area contributed by atoms with E-state index in [1.54, 1.807) is 12.1 Å². The molecule has 16 heavy (non-hydrogen) atoms. The molecule has 2 aromatic rings. The van der Waals surface area contributed by atoms with Crippen molar-refractivity contribution in [3.05, 3.63) is 52.1 Å². The second-order valence-electron chi connectivity index (χ2n) is 3.07. The predicted octanol–water partition coefficient (Wildman–Crippen LogP) is 3.36. The Balaban J connectivity index is 2.02. The van der Waals surface area contributed by atoms with Crippen molar-refractivity contribution in [1.29, 1.82) is 0 Å². The molecule has 5 heteroatoms. The normalized spacial score (nSPS) is 10.1. The lowest BCUT2D eigenvalue weighted by molar-refractivity contribution is 0.290. The molecule has 1 heterocycles. The zero-order chi connectivity index (χ0) is 11.4. The summed E-state index contributed by atoms with van der Waals surface area (Å²) in [7, 11) is 0. The highest BCUT2D eigenvalue weighted by molar-refractivity contribution is 6.31. The molecule has 0 aliphatic rings. The molecule has 3 nitrogen and oxygen atoms in total.